The fraction of sp³-hybridized carbons (Fsp3) is 0.500. The highest BCUT2D eigenvalue weighted by Crippen LogP contribution is 2.31. The first-order valence-corrected chi connectivity index (χ1v) is 7.84. The van der Waals surface area contributed by atoms with Crippen molar-refractivity contribution < 1.29 is 4.74 Å². The molecule has 1 N–H and O–H groups in total. The van der Waals surface area contributed by atoms with E-state index < -0.39 is 0 Å². The van der Waals surface area contributed by atoms with E-state index in [4.69, 9.17) is 4.74 Å². The summed E-state index contributed by atoms with van der Waals surface area (Å²) in [4.78, 5) is 2.69. The maximum Gasteiger partial charge on any atom is 0.0950 e. The first-order chi connectivity index (χ1) is 7.85. The topological polar surface area (TPSA) is 21.3 Å². The Morgan fingerprint density at radius 2 is 2.06 bits per heavy atom. The molecule has 0 aliphatic carbocycles. The summed E-state index contributed by atoms with van der Waals surface area (Å²) in [6.45, 7) is 2.70. The van der Waals surface area contributed by atoms with Gasteiger partial charge in [-0.25, -0.2) is 0 Å². The second-order valence-electron chi connectivity index (χ2n) is 3.68. The molecule has 2 nitrogen and oxygen atoms in total. The van der Waals surface area contributed by atoms with E-state index in [1.807, 2.05) is 0 Å². The molecule has 0 saturated carbocycles. The highest BCUT2D eigenvalue weighted by atomic mass is 32.2. The van der Waals surface area contributed by atoms with Crippen LogP contribution in [-0.4, -0.2) is 32.2 Å². The second-order valence-corrected chi connectivity index (χ2v) is 5.37. The molecule has 0 aromatic heterocycles. The van der Waals surface area contributed by atoms with Crippen molar-refractivity contribution in [2.45, 2.75) is 15.9 Å². The molecule has 2 rings (SSSR count). The second kappa shape index (κ2) is 5.96. The summed E-state index contributed by atoms with van der Waals surface area (Å²) in [6.07, 6.45) is 4.46. The van der Waals surface area contributed by atoms with Crippen molar-refractivity contribution in [1.82, 2.24) is 5.32 Å². The van der Waals surface area contributed by atoms with Gasteiger partial charge in [0.2, 0.25) is 0 Å². The summed E-state index contributed by atoms with van der Waals surface area (Å²) in [5.74, 6) is 0. The van der Waals surface area contributed by atoms with Gasteiger partial charge in [-0.2, -0.15) is 0 Å². The quantitative estimate of drug-likeness (QED) is 0.838. The van der Waals surface area contributed by atoms with E-state index >= 15 is 0 Å². The summed E-state index contributed by atoms with van der Waals surface area (Å²) in [5.41, 5.74) is 1.29. The molecule has 0 radical (unpaired) electrons. The Bertz CT molecular complexity index is 351. The van der Waals surface area contributed by atoms with E-state index in [1.165, 1.54) is 15.4 Å². The monoisotopic (exact) mass is 255 g/mol. The van der Waals surface area contributed by atoms with Gasteiger partial charge in [0.05, 0.1) is 12.7 Å². The standard InChI is InChI=1S/C12H17NOS2/c1-15-11-4-3-9(7-12(11)16-2)10-8-13-5-6-14-10/h3-4,7,10,13H,5-6,8H2,1-2H3. The fourth-order valence-corrected chi connectivity index (χ4v) is 3.32. The minimum atomic E-state index is 0.218. The third-order valence-corrected chi connectivity index (χ3v) is 4.41. The lowest BCUT2D eigenvalue weighted by Crippen LogP contribution is -2.33. The number of hydrogen-bond donors (Lipinski definition) is 1. The van der Waals surface area contributed by atoms with Crippen LogP contribution >= 0.6 is 23.5 Å². The summed E-state index contributed by atoms with van der Waals surface area (Å²) >= 11 is 3.60. The molecule has 88 valence electrons. The van der Waals surface area contributed by atoms with Gasteiger partial charge in [0.15, 0.2) is 0 Å². The van der Waals surface area contributed by atoms with Gasteiger partial charge < -0.3 is 10.1 Å². The molecule has 1 aromatic carbocycles. The van der Waals surface area contributed by atoms with E-state index in [2.05, 4.69) is 36.0 Å². The van der Waals surface area contributed by atoms with Crippen LogP contribution in [0.3, 0.4) is 0 Å². The number of benzene rings is 1. The molecule has 1 atom stereocenters. The average molecular weight is 255 g/mol. The van der Waals surface area contributed by atoms with Gasteiger partial charge in [0, 0.05) is 22.9 Å². The number of thioether (sulfide) groups is 2. The number of morpholine rings is 1. The van der Waals surface area contributed by atoms with Crippen molar-refractivity contribution in [2.24, 2.45) is 0 Å². The molecule has 1 unspecified atom stereocenters. The number of hydrogen-bond acceptors (Lipinski definition) is 4. The number of rotatable bonds is 3. The van der Waals surface area contributed by atoms with Crippen LogP contribution in [0, 0.1) is 0 Å². The molecule has 1 aliphatic rings. The lowest BCUT2D eigenvalue weighted by atomic mass is 10.1. The van der Waals surface area contributed by atoms with E-state index in [0.29, 0.717) is 0 Å². The molecule has 1 aliphatic heterocycles. The van der Waals surface area contributed by atoms with Crippen molar-refractivity contribution in [3.8, 4) is 0 Å². The molecule has 0 bridgehead atoms. The third-order valence-electron chi connectivity index (χ3n) is 2.71. The average Bonchev–Trinajstić information content (AvgIpc) is 2.39. The van der Waals surface area contributed by atoms with Crippen LogP contribution in [0.5, 0.6) is 0 Å². The van der Waals surface area contributed by atoms with Gasteiger partial charge >= 0.3 is 0 Å². The summed E-state index contributed by atoms with van der Waals surface area (Å²) in [6, 6.07) is 6.64. The number of nitrogens with one attached hydrogen (secondary N) is 1. The van der Waals surface area contributed by atoms with Crippen molar-refractivity contribution in [2.75, 3.05) is 32.2 Å². The van der Waals surface area contributed by atoms with Crippen molar-refractivity contribution in [3.05, 3.63) is 23.8 Å². The maximum atomic E-state index is 5.76. The Hall–Kier alpha value is -0.160. The normalized spacial score (nSPS) is 21.0. The Morgan fingerprint density at radius 1 is 1.25 bits per heavy atom. The molecular weight excluding hydrogens is 238 g/mol. The minimum absolute atomic E-state index is 0.218. The Kier molecular flexibility index (Phi) is 4.58. The van der Waals surface area contributed by atoms with Crippen LogP contribution in [0.15, 0.2) is 28.0 Å². The van der Waals surface area contributed by atoms with Crippen LogP contribution in [0.4, 0.5) is 0 Å². The molecular formula is C12H17NOS2. The van der Waals surface area contributed by atoms with Crippen LogP contribution in [0.25, 0.3) is 0 Å². The van der Waals surface area contributed by atoms with Gasteiger partial charge in [0.25, 0.3) is 0 Å². The summed E-state index contributed by atoms with van der Waals surface area (Å²) in [7, 11) is 0. The lowest BCUT2D eigenvalue weighted by Gasteiger charge is -2.24. The molecule has 1 saturated heterocycles. The zero-order valence-electron chi connectivity index (χ0n) is 9.66. The number of ether oxygens (including phenoxy) is 1. The van der Waals surface area contributed by atoms with Gasteiger partial charge in [-0.05, 0) is 30.2 Å². The van der Waals surface area contributed by atoms with Crippen molar-refractivity contribution in [3.63, 3.8) is 0 Å². The molecule has 1 fully saturated rings. The van der Waals surface area contributed by atoms with Crippen molar-refractivity contribution in [1.29, 1.82) is 0 Å². The maximum absolute atomic E-state index is 5.76. The predicted octanol–water partition coefficient (Wildman–Crippen LogP) is 2.79. The molecule has 16 heavy (non-hydrogen) atoms. The highest BCUT2D eigenvalue weighted by molar-refractivity contribution is 8.01. The lowest BCUT2D eigenvalue weighted by molar-refractivity contribution is 0.0275. The van der Waals surface area contributed by atoms with Crippen LogP contribution < -0.4 is 5.32 Å². The van der Waals surface area contributed by atoms with E-state index in [0.717, 1.165) is 19.7 Å². The van der Waals surface area contributed by atoms with Crippen molar-refractivity contribution >= 4 is 23.5 Å². The minimum Gasteiger partial charge on any atom is -0.371 e. The van der Waals surface area contributed by atoms with Gasteiger partial charge in [-0.3, -0.25) is 0 Å². The highest BCUT2D eigenvalue weighted by Gasteiger charge is 2.16. The first-order valence-electron chi connectivity index (χ1n) is 5.39. The Balaban J connectivity index is 2.20. The summed E-state index contributed by atoms with van der Waals surface area (Å²) in [5, 5.41) is 3.36. The van der Waals surface area contributed by atoms with E-state index in [1.54, 1.807) is 23.5 Å². The largest absolute Gasteiger partial charge is 0.371 e. The molecule has 1 aromatic rings. The zero-order valence-corrected chi connectivity index (χ0v) is 11.3. The summed E-state index contributed by atoms with van der Waals surface area (Å²) < 4.78 is 5.76. The van der Waals surface area contributed by atoms with Gasteiger partial charge in [-0.15, -0.1) is 23.5 Å². The zero-order chi connectivity index (χ0) is 11.4. The molecule has 1 heterocycles. The predicted molar refractivity (Wildman–Crippen MR) is 71.6 cm³/mol. The van der Waals surface area contributed by atoms with Gasteiger partial charge in [0.1, 0.15) is 0 Å². The van der Waals surface area contributed by atoms with Crippen LogP contribution in [0.2, 0.25) is 0 Å². The van der Waals surface area contributed by atoms with Gasteiger partial charge in [-0.1, -0.05) is 6.07 Å². The van der Waals surface area contributed by atoms with Crippen LogP contribution in [-0.2, 0) is 4.74 Å². The fourth-order valence-electron chi connectivity index (χ4n) is 1.83. The van der Waals surface area contributed by atoms with Crippen LogP contribution in [0.1, 0.15) is 11.7 Å². The third kappa shape index (κ3) is 2.74. The molecule has 0 spiro atoms. The smallest absolute Gasteiger partial charge is 0.0950 e. The molecule has 4 heteroatoms. The Labute approximate surface area is 106 Å². The van der Waals surface area contributed by atoms with E-state index in [-0.39, 0.29) is 6.10 Å². The Morgan fingerprint density at radius 3 is 2.69 bits per heavy atom. The molecule has 0 amide bonds. The SMILES string of the molecule is CSc1ccc(C2CNCCO2)cc1SC. The van der Waals surface area contributed by atoms with E-state index in [9.17, 15) is 0 Å². The first kappa shape index (κ1) is 12.3.